The maximum absolute atomic E-state index is 11.8. The molecule has 0 aliphatic heterocycles. The van der Waals surface area contributed by atoms with Crippen molar-refractivity contribution in [2.75, 3.05) is 11.9 Å². The van der Waals surface area contributed by atoms with Crippen molar-refractivity contribution >= 4 is 17.6 Å². The van der Waals surface area contributed by atoms with Crippen molar-refractivity contribution < 1.29 is 19.4 Å². The number of hydrogen-bond acceptors (Lipinski definition) is 4. The lowest BCUT2D eigenvalue weighted by Gasteiger charge is -2.07. The number of rotatable bonds is 6. The third-order valence-electron chi connectivity index (χ3n) is 2.57. The van der Waals surface area contributed by atoms with E-state index in [1.165, 1.54) is 0 Å². The average Bonchev–Trinajstić information content (AvgIpc) is 2.47. The van der Waals surface area contributed by atoms with Gasteiger partial charge >= 0.3 is 5.97 Å². The normalized spacial score (nSPS) is 9.90. The number of nitrogens with one attached hydrogen (secondary N) is 1. The molecule has 0 unspecified atom stereocenters. The molecule has 0 saturated carbocycles. The van der Waals surface area contributed by atoms with E-state index in [0.29, 0.717) is 17.1 Å². The zero-order chi connectivity index (χ0) is 15.1. The SMILES string of the molecule is O=C(O)COc1ccc(NC(=O)Cc2ccccn2)cc1. The Hall–Kier alpha value is -2.89. The first-order valence-electron chi connectivity index (χ1n) is 6.28. The van der Waals surface area contributed by atoms with Crippen molar-refractivity contribution in [3.63, 3.8) is 0 Å². The molecule has 1 aromatic heterocycles. The van der Waals surface area contributed by atoms with Crippen molar-refractivity contribution in [2.24, 2.45) is 0 Å². The van der Waals surface area contributed by atoms with E-state index in [0.717, 1.165) is 0 Å². The van der Waals surface area contributed by atoms with Crippen LogP contribution in [-0.4, -0.2) is 28.6 Å². The lowest BCUT2D eigenvalue weighted by molar-refractivity contribution is -0.139. The van der Waals surface area contributed by atoms with Crippen LogP contribution in [0.1, 0.15) is 5.69 Å². The molecule has 0 spiro atoms. The molecule has 0 fully saturated rings. The molecule has 108 valence electrons. The number of nitrogens with zero attached hydrogens (tertiary/aromatic N) is 1. The van der Waals surface area contributed by atoms with Gasteiger partial charge in [0.05, 0.1) is 6.42 Å². The van der Waals surface area contributed by atoms with Gasteiger partial charge in [-0.3, -0.25) is 9.78 Å². The van der Waals surface area contributed by atoms with Crippen molar-refractivity contribution in [3.05, 3.63) is 54.4 Å². The number of carbonyl (C=O) groups excluding carboxylic acids is 1. The van der Waals surface area contributed by atoms with Crippen molar-refractivity contribution in [1.82, 2.24) is 4.98 Å². The first-order valence-corrected chi connectivity index (χ1v) is 6.28. The Bertz CT molecular complexity index is 611. The predicted molar refractivity (Wildman–Crippen MR) is 76.1 cm³/mol. The highest BCUT2D eigenvalue weighted by molar-refractivity contribution is 5.92. The smallest absolute Gasteiger partial charge is 0.341 e. The van der Waals surface area contributed by atoms with E-state index in [1.54, 1.807) is 42.6 Å². The van der Waals surface area contributed by atoms with E-state index >= 15 is 0 Å². The van der Waals surface area contributed by atoms with Gasteiger partial charge in [0, 0.05) is 17.6 Å². The summed E-state index contributed by atoms with van der Waals surface area (Å²) in [7, 11) is 0. The van der Waals surface area contributed by atoms with Crippen LogP contribution in [0.3, 0.4) is 0 Å². The molecule has 1 amide bonds. The lowest BCUT2D eigenvalue weighted by atomic mass is 10.2. The minimum Gasteiger partial charge on any atom is -0.482 e. The molecule has 0 aliphatic rings. The zero-order valence-corrected chi connectivity index (χ0v) is 11.2. The highest BCUT2D eigenvalue weighted by atomic mass is 16.5. The molecule has 0 saturated heterocycles. The van der Waals surface area contributed by atoms with E-state index in [4.69, 9.17) is 9.84 Å². The summed E-state index contributed by atoms with van der Waals surface area (Å²) in [5, 5.41) is 11.2. The molecule has 1 heterocycles. The van der Waals surface area contributed by atoms with E-state index < -0.39 is 12.6 Å². The Morgan fingerprint density at radius 2 is 1.90 bits per heavy atom. The number of carbonyl (C=O) groups is 2. The van der Waals surface area contributed by atoms with Crippen LogP contribution in [-0.2, 0) is 16.0 Å². The monoisotopic (exact) mass is 286 g/mol. The molecule has 0 aliphatic carbocycles. The van der Waals surface area contributed by atoms with Crippen LogP contribution >= 0.6 is 0 Å². The fraction of sp³-hybridized carbons (Fsp3) is 0.133. The van der Waals surface area contributed by atoms with Crippen LogP contribution in [0, 0.1) is 0 Å². The van der Waals surface area contributed by atoms with Gasteiger partial charge < -0.3 is 15.2 Å². The summed E-state index contributed by atoms with van der Waals surface area (Å²) in [6, 6.07) is 11.9. The standard InChI is InChI=1S/C15H14N2O4/c18-14(9-12-3-1-2-8-16-12)17-11-4-6-13(7-5-11)21-10-15(19)20/h1-8H,9-10H2,(H,17,18)(H,19,20). The lowest BCUT2D eigenvalue weighted by Crippen LogP contribution is -2.15. The van der Waals surface area contributed by atoms with E-state index in [9.17, 15) is 9.59 Å². The molecule has 2 rings (SSSR count). The second kappa shape index (κ2) is 7.04. The first kappa shape index (κ1) is 14.5. The number of anilines is 1. The van der Waals surface area contributed by atoms with Crippen molar-refractivity contribution in [3.8, 4) is 5.75 Å². The Kier molecular flexibility index (Phi) is 4.87. The Labute approximate surface area is 121 Å². The third kappa shape index (κ3) is 4.94. The summed E-state index contributed by atoms with van der Waals surface area (Å²) < 4.78 is 5.00. The van der Waals surface area contributed by atoms with Crippen LogP contribution in [0.15, 0.2) is 48.7 Å². The number of benzene rings is 1. The van der Waals surface area contributed by atoms with Crippen molar-refractivity contribution in [2.45, 2.75) is 6.42 Å². The van der Waals surface area contributed by atoms with Crippen LogP contribution < -0.4 is 10.1 Å². The van der Waals surface area contributed by atoms with Gasteiger partial charge in [-0.15, -0.1) is 0 Å². The highest BCUT2D eigenvalue weighted by Crippen LogP contribution is 2.15. The fourth-order valence-electron chi connectivity index (χ4n) is 1.65. The number of carboxylic acid groups (broad SMARTS) is 1. The number of carboxylic acids is 1. The molecule has 21 heavy (non-hydrogen) atoms. The minimum atomic E-state index is -1.04. The summed E-state index contributed by atoms with van der Waals surface area (Å²) in [5.74, 6) is -0.782. The quantitative estimate of drug-likeness (QED) is 0.844. The molecule has 1 aromatic carbocycles. The van der Waals surface area contributed by atoms with Gasteiger partial charge in [0.2, 0.25) is 5.91 Å². The number of aromatic nitrogens is 1. The number of pyridine rings is 1. The summed E-state index contributed by atoms with van der Waals surface area (Å²) in [5.41, 5.74) is 1.30. The number of aliphatic carboxylic acids is 1. The van der Waals surface area contributed by atoms with E-state index in [2.05, 4.69) is 10.3 Å². The number of amides is 1. The van der Waals surface area contributed by atoms with E-state index in [1.807, 2.05) is 6.07 Å². The van der Waals surface area contributed by atoms with Gasteiger partial charge in [0.25, 0.3) is 0 Å². The first-order chi connectivity index (χ1) is 10.1. The summed E-state index contributed by atoms with van der Waals surface area (Å²) in [6.45, 7) is -0.397. The maximum Gasteiger partial charge on any atom is 0.341 e. The van der Waals surface area contributed by atoms with Gasteiger partial charge in [-0.1, -0.05) is 6.07 Å². The second-order valence-electron chi connectivity index (χ2n) is 4.25. The Morgan fingerprint density at radius 3 is 2.52 bits per heavy atom. The Morgan fingerprint density at radius 1 is 1.14 bits per heavy atom. The topological polar surface area (TPSA) is 88.5 Å². The highest BCUT2D eigenvalue weighted by Gasteiger charge is 2.05. The predicted octanol–water partition coefficient (Wildman–Crippen LogP) is 1.73. The molecule has 0 atom stereocenters. The zero-order valence-electron chi connectivity index (χ0n) is 11.2. The minimum absolute atomic E-state index is 0.173. The van der Waals surface area contributed by atoms with E-state index in [-0.39, 0.29) is 12.3 Å². The molecule has 2 aromatic rings. The molecule has 2 N–H and O–H groups in total. The van der Waals surface area contributed by atoms with Crippen LogP contribution in [0.2, 0.25) is 0 Å². The molecule has 6 nitrogen and oxygen atoms in total. The van der Waals surface area contributed by atoms with Crippen molar-refractivity contribution in [1.29, 1.82) is 0 Å². The molecule has 0 bridgehead atoms. The fourth-order valence-corrected chi connectivity index (χ4v) is 1.65. The van der Waals surface area contributed by atoms with Crippen LogP contribution in [0.25, 0.3) is 0 Å². The third-order valence-corrected chi connectivity index (χ3v) is 2.57. The molecule has 0 radical (unpaired) electrons. The van der Waals surface area contributed by atoms with Crippen LogP contribution in [0.5, 0.6) is 5.75 Å². The van der Waals surface area contributed by atoms with Gasteiger partial charge in [0.15, 0.2) is 6.61 Å². The summed E-state index contributed by atoms with van der Waals surface area (Å²) >= 11 is 0. The van der Waals surface area contributed by atoms with Gasteiger partial charge in [-0.25, -0.2) is 4.79 Å². The number of ether oxygens (including phenoxy) is 1. The maximum atomic E-state index is 11.8. The van der Waals surface area contributed by atoms with Gasteiger partial charge in [-0.05, 0) is 36.4 Å². The second-order valence-corrected chi connectivity index (χ2v) is 4.25. The average molecular weight is 286 g/mol. The largest absolute Gasteiger partial charge is 0.482 e. The summed E-state index contributed by atoms with van der Waals surface area (Å²) in [4.78, 5) is 26.3. The van der Waals surface area contributed by atoms with Gasteiger partial charge in [0.1, 0.15) is 5.75 Å². The van der Waals surface area contributed by atoms with Gasteiger partial charge in [-0.2, -0.15) is 0 Å². The number of hydrogen-bond donors (Lipinski definition) is 2. The Balaban J connectivity index is 1.88. The molecular formula is C15H14N2O4. The molecular weight excluding hydrogens is 272 g/mol. The summed E-state index contributed by atoms with van der Waals surface area (Å²) in [6.07, 6.45) is 1.83. The van der Waals surface area contributed by atoms with Crippen LogP contribution in [0.4, 0.5) is 5.69 Å². The molecule has 6 heteroatoms.